The summed E-state index contributed by atoms with van der Waals surface area (Å²) in [5, 5.41) is 3.61. The molecule has 3 atom stereocenters. The number of fused-ring (bicyclic) bond motifs is 2. The topological polar surface area (TPSA) is 12.0 Å². The van der Waals surface area contributed by atoms with Crippen LogP contribution in [0.3, 0.4) is 0 Å². The monoisotopic (exact) mass is 139 g/mol. The largest absolute Gasteiger partial charge is 0.314 e. The average Bonchev–Trinajstić information content (AvgIpc) is 2.26. The Hall–Kier alpha value is -0.0400. The standard InChI is InChI=1S/C9H17N/c1-2-8-5-7-3-4-10-9(8)6-7/h7-10H,2-6H2,1H3. The van der Waals surface area contributed by atoms with Crippen molar-refractivity contribution in [3.05, 3.63) is 0 Å². The van der Waals surface area contributed by atoms with E-state index in [1.807, 2.05) is 0 Å². The van der Waals surface area contributed by atoms with Gasteiger partial charge >= 0.3 is 0 Å². The van der Waals surface area contributed by atoms with Gasteiger partial charge in [0.1, 0.15) is 0 Å². The highest BCUT2D eigenvalue weighted by atomic mass is 14.9. The first-order valence-electron chi connectivity index (χ1n) is 4.63. The molecule has 1 heterocycles. The molecule has 58 valence electrons. The third-order valence-corrected chi connectivity index (χ3v) is 3.28. The van der Waals surface area contributed by atoms with Crippen molar-refractivity contribution in [1.82, 2.24) is 5.32 Å². The predicted molar refractivity (Wildman–Crippen MR) is 42.9 cm³/mol. The maximum Gasteiger partial charge on any atom is 0.00979 e. The van der Waals surface area contributed by atoms with Crippen LogP contribution < -0.4 is 5.32 Å². The third-order valence-electron chi connectivity index (χ3n) is 3.28. The highest BCUT2D eigenvalue weighted by Gasteiger charge is 2.35. The summed E-state index contributed by atoms with van der Waals surface area (Å²) in [4.78, 5) is 0. The molecule has 2 rings (SSSR count). The van der Waals surface area contributed by atoms with E-state index in [-0.39, 0.29) is 0 Å². The highest BCUT2D eigenvalue weighted by molar-refractivity contribution is 4.91. The van der Waals surface area contributed by atoms with Crippen LogP contribution in [0.2, 0.25) is 0 Å². The summed E-state index contributed by atoms with van der Waals surface area (Å²) in [6, 6.07) is 0.892. The summed E-state index contributed by atoms with van der Waals surface area (Å²) < 4.78 is 0. The predicted octanol–water partition coefficient (Wildman–Crippen LogP) is 1.78. The van der Waals surface area contributed by atoms with Gasteiger partial charge in [0.25, 0.3) is 0 Å². The summed E-state index contributed by atoms with van der Waals surface area (Å²) >= 11 is 0. The summed E-state index contributed by atoms with van der Waals surface area (Å²) in [7, 11) is 0. The lowest BCUT2D eigenvalue weighted by atomic mass is 10.0. The number of hydrogen-bond acceptors (Lipinski definition) is 1. The summed E-state index contributed by atoms with van der Waals surface area (Å²) in [5.74, 6) is 2.09. The minimum Gasteiger partial charge on any atom is -0.314 e. The SMILES string of the molecule is CCC1CC2CCNC1C2. The van der Waals surface area contributed by atoms with Crippen LogP contribution in [0.5, 0.6) is 0 Å². The molecule has 1 saturated carbocycles. The lowest BCUT2D eigenvalue weighted by molar-refractivity contribution is 0.365. The molecule has 1 saturated heterocycles. The quantitative estimate of drug-likeness (QED) is 0.584. The number of rotatable bonds is 1. The molecule has 0 aromatic heterocycles. The second-order valence-electron chi connectivity index (χ2n) is 3.86. The van der Waals surface area contributed by atoms with E-state index in [1.165, 1.54) is 32.2 Å². The fourth-order valence-corrected chi connectivity index (χ4v) is 2.65. The molecule has 1 nitrogen and oxygen atoms in total. The van der Waals surface area contributed by atoms with Crippen molar-refractivity contribution in [2.45, 2.75) is 38.6 Å². The molecular weight excluding hydrogens is 122 g/mol. The zero-order valence-electron chi connectivity index (χ0n) is 6.77. The molecule has 2 fully saturated rings. The molecule has 0 spiro atoms. The molecular formula is C9H17N. The summed E-state index contributed by atoms with van der Waals surface area (Å²) in [6.07, 6.45) is 5.80. The van der Waals surface area contributed by atoms with Gasteiger partial charge in [-0.15, -0.1) is 0 Å². The van der Waals surface area contributed by atoms with Gasteiger partial charge in [-0.05, 0) is 37.6 Å². The van der Waals surface area contributed by atoms with Crippen molar-refractivity contribution in [2.75, 3.05) is 6.54 Å². The molecule has 1 N–H and O–H groups in total. The first-order chi connectivity index (χ1) is 4.90. The van der Waals surface area contributed by atoms with Crippen molar-refractivity contribution < 1.29 is 0 Å². The van der Waals surface area contributed by atoms with Gasteiger partial charge in [0.15, 0.2) is 0 Å². The van der Waals surface area contributed by atoms with Gasteiger partial charge in [-0.2, -0.15) is 0 Å². The zero-order chi connectivity index (χ0) is 6.97. The van der Waals surface area contributed by atoms with Gasteiger partial charge in [0.05, 0.1) is 0 Å². The fourth-order valence-electron chi connectivity index (χ4n) is 2.65. The number of piperidine rings is 1. The minimum atomic E-state index is 0.892. The Morgan fingerprint density at radius 1 is 1.40 bits per heavy atom. The minimum absolute atomic E-state index is 0.892. The average molecular weight is 139 g/mol. The Balaban J connectivity index is 2.01. The maximum atomic E-state index is 3.61. The van der Waals surface area contributed by atoms with Gasteiger partial charge in [-0.3, -0.25) is 0 Å². The van der Waals surface area contributed by atoms with E-state index >= 15 is 0 Å². The van der Waals surface area contributed by atoms with E-state index in [1.54, 1.807) is 0 Å². The second kappa shape index (κ2) is 2.54. The first kappa shape index (κ1) is 6.66. The van der Waals surface area contributed by atoms with E-state index in [0.717, 1.165) is 17.9 Å². The van der Waals surface area contributed by atoms with Crippen LogP contribution in [-0.4, -0.2) is 12.6 Å². The van der Waals surface area contributed by atoms with Crippen molar-refractivity contribution in [3.63, 3.8) is 0 Å². The van der Waals surface area contributed by atoms with Crippen molar-refractivity contribution >= 4 is 0 Å². The maximum absolute atomic E-state index is 3.61. The van der Waals surface area contributed by atoms with Crippen LogP contribution in [0, 0.1) is 11.8 Å². The van der Waals surface area contributed by atoms with E-state index in [9.17, 15) is 0 Å². The third kappa shape index (κ3) is 0.968. The Morgan fingerprint density at radius 3 is 3.00 bits per heavy atom. The molecule has 10 heavy (non-hydrogen) atoms. The number of hydrogen-bond donors (Lipinski definition) is 1. The molecule has 1 aliphatic carbocycles. The highest BCUT2D eigenvalue weighted by Crippen LogP contribution is 2.37. The lowest BCUT2D eigenvalue weighted by Crippen LogP contribution is -2.35. The Bertz CT molecular complexity index is 122. The molecule has 1 aliphatic heterocycles. The Kier molecular flexibility index (Phi) is 1.69. The molecule has 0 amide bonds. The fraction of sp³-hybridized carbons (Fsp3) is 1.00. The molecule has 0 radical (unpaired) electrons. The van der Waals surface area contributed by atoms with E-state index in [4.69, 9.17) is 0 Å². The number of nitrogens with one attached hydrogen (secondary N) is 1. The van der Waals surface area contributed by atoms with Crippen molar-refractivity contribution in [1.29, 1.82) is 0 Å². The summed E-state index contributed by atoms with van der Waals surface area (Å²) in [6.45, 7) is 3.61. The van der Waals surface area contributed by atoms with Gasteiger partial charge in [0, 0.05) is 6.04 Å². The smallest absolute Gasteiger partial charge is 0.00979 e. The van der Waals surface area contributed by atoms with Crippen LogP contribution >= 0.6 is 0 Å². The summed E-state index contributed by atoms with van der Waals surface area (Å²) in [5.41, 5.74) is 0. The van der Waals surface area contributed by atoms with Crippen LogP contribution in [0.4, 0.5) is 0 Å². The Labute approximate surface area is 63.2 Å². The van der Waals surface area contributed by atoms with Crippen molar-refractivity contribution in [2.24, 2.45) is 11.8 Å². The van der Waals surface area contributed by atoms with Crippen LogP contribution in [-0.2, 0) is 0 Å². The van der Waals surface area contributed by atoms with Gasteiger partial charge in [-0.1, -0.05) is 13.3 Å². The van der Waals surface area contributed by atoms with Gasteiger partial charge in [-0.25, -0.2) is 0 Å². The molecule has 2 aliphatic rings. The zero-order valence-corrected chi connectivity index (χ0v) is 6.77. The van der Waals surface area contributed by atoms with Crippen LogP contribution in [0.1, 0.15) is 32.6 Å². The molecule has 0 aromatic rings. The molecule has 0 aromatic carbocycles. The normalized spacial score (nSPS) is 45.9. The molecule has 3 unspecified atom stereocenters. The molecule has 2 bridgehead atoms. The Morgan fingerprint density at radius 2 is 2.30 bits per heavy atom. The first-order valence-corrected chi connectivity index (χ1v) is 4.63. The van der Waals surface area contributed by atoms with E-state index in [0.29, 0.717) is 0 Å². The van der Waals surface area contributed by atoms with Crippen LogP contribution in [0.25, 0.3) is 0 Å². The van der Waals surface area contributed by atoms with Gasteiger partial charge < -0.3 is 5.32 Å². The molecule has 1 heteroatoms. The van der Waals surface area contributed by atoms with E-state index < -0.39 is 0 Å². The van der Waals surface area contributed by atoms with Crippen LogP contribution in [0.15, 0.2) is 0 Å². The van der Waals surface area contributed by atoms with Gasteiger partial charge in [0.2, 0.25) is 0 Å². The van der Waals surface area contributed by atoms with Crippen molar-refractivity contribution in [3.8, 4) is 0 Å². The second-order valence-corrected chi connectivity index (χ2v) is 3.86. The van der Waals surface area contributed by atoms with E-state index in [2.05, 4.69) is 12.2 Å². The lowest BCUT2D eigenvalue weighted by Gasteiger charge is -2.22.